The fourth-order valence-corrected chi connectivity index (χ4v) is 5.29. The van der Waals surface area contributed by atoms with Crippen LogP contribution in [0.2, 0.25) is 0 Å². The number of carbonyl (C=O) groups is 2. The second kappa shape index (κ2) is 34.6. The standard InChI is InChI=1S/C39H72O7/c1-3-5-7-21-27-35(40)29-23-17-13-9-11-15-19-25-31-38(43)45-33-37(42)34-46-39(44)32-26-20-16-12-10-14-18-24-30-36(41)28-22-8-6-4-2/h17-18,23-24,35-37,40-42H,3-16,19-22,25-34H2,1-2H3/b23-17+,24-18+. The predicted molar refractivity (Wildman–Crippen MR) is 190 cm³/mol. The summed E-state index contributed by atoms with van der Waals surface area (Å²) < 4.78 is 10.3. The summed E-state index contributed by atoms with van der Waals surface area (Å²) in [6, 6.07) is 0. The molecule has 0 aliphatic carbocycles. The van der Waals surface area contributed by atoms with Crippen molar-refractivity contribution in [1.82, 2.24) is 0 Å². The maximum absolute atomic E-state index is 11.9. The van der Waals surface area contributed by atoms with Gasteiger partial charge in [-0.2, -0.15) is 0 Å². The molecular formula is C39H72O7. The molecule has 0 radical (unpaired) electrons. The van der Waals surface area contributed by atoms with E-state index in [1.165, 1.54) is 38.5 Å². The molecule has 0 bridgehead atoms. The Kier molecular flexibility index (Phi) is 33.3. The molecule has 270 valence electrons. The van der Waals surface area contributed by atoms with Crippen LogP contribution in [0.15, 0.2) is 24.3 Å². The largest absolute Gasteiger partial charge is 0.463 e. The summed E-state index contributed by atoms with van der Waals surface area (Å²) in [5, 5.41) is 30.0. The number of aliphatic hydroxyl groups is 3. The fraction of sp³-hybridized carbons (Fsp3) is 0.846. The Hall–Kier alpha value is -1.70. The molecule has 0 aromatic heterocycles. The third-order valence-electron chi connectivity index (χ3n) is 8.31. The molecule has 0 aromatic rings. The van der Waals surface area contributed by atoms with Crippen molar-refractivity contribution in [3.05, 3.63) is 24.3 Å². The van der Waals surface area contributed by atoms with Crippen molar-refractivity contribution in [3.8, 4) is 0 Å². The van der Waals surface area contributed by atoms with Gasteiger partial charge in [-0.3, -0.25) is 9.59 Å². The lowest BCUT2D eigenvalue weighted by molar-refractivity contribution is -0.152. The molecule has 2 unspecified atom stereocenters. The van der Waals surface area contributed by atoms with Crippen LogP contribution in [0.3, 0.4) is 0 Å². The molecule has 0 aliphatic rings. The van der Waals surface area contributed by atoms with Crippen LogP contribution in [0.1, 0.15) is 181 Å². The average Bonchev–Trinajstić information content (AvgIpc) is 3.04. The zero-order valence-corrected chi connectivity index (χ0v) is 29.8. The highest BCUT2D eigenvalue weighted by Gasteiger charge is 2.12. The molecule has 0 saturated carbocycles. The van der Waals surface area contributed by atoms with Gasteiger partial charge in [0.1, 0.15) is 19.3 Å². The number of aliphatic hydroxyl groups excluding tert-OH is 3. The highest BCUT2D eigenvalue weighted by atomic mass is 16.6. The van der Waals surface area contributed by atoms with E-state index in [4.69, 9.17) is 9.47 Å². The first-order chi connectivity index (χ1) is 22.4. The highest BCUT2D eigenvalue weighted by Crippen LogP contribution is 2.13. The zero-order chi connectivity index (χ0) is 33.9. The van der Waals surface area contributed by atoms with E-state index in [1.807, 2.05) is 0 Å². The minimum atomic E-state index is -1.00. The third-order valence-corrected chi connectivity index (χ3v) is 8.31. The molecule has 3 N–H and O–H groups in total. The van der Waals surface area contributed by atoms with E-state index in [0.717, 1.165) is 116 Å². The zero-order valence-electron chi connectivity index (χ0n) is 29.8. The summed E-state index contributed by atoms with van der Waals surface area (Å²) in [5.74, 6) is -0.653. The van der Waals surface area contributed by atoms with Gasteiger partial charge in [0.05, 0.1) is 12.2 Å². The van der Waals surface area contributed by atoms with Crippen molar-refractivity contribution in [1.29, 1.82) is 0 Å². The summed E-state index contributed by atoms with van der Waals surface area (Å²) in [7, 11) is 0. The van der Waals surface area contributed by atoms with E-state index in [1.54, 1.807) is 0 Å². The van der Waals surface area contributed by atoms with Gasteiger partial charge in [-0.1, -0.05) is 128 Å². The van der Waals surface area contributed by atoms with Gasteiger partial charge in [-0.25, -0.2) is 0 Å². The lowest BCUT2D eigenvalue weighted by atomic mass is 10.1. The van der Waals surface area contributed by atoms with Gasteiger partial charge in [0.2, 0.25) is 0 Å². The molecule has 7 heteroatoms. The number of ether oxygens (including phenoxy) is 2. The molecule has 46 heavy (non-hydrogen) atoms. The highest BCUT2D eigenvalue weighted by molar-refractivity contribution is 5.69. The molecule has 7 nitrogen and oxygen atoms in total. The minimum absolute atomic E-state index is 0.155. The van der Waals surface area contributed by atoms with E-state index in [-0.39, 0.29) is 37.4 Å². The van der Waals surface area contributed by atoms with Gasteiger partial charge in [-0.05, 0) is 64.2 Å². The number of rotatable bonds is 34. The monoisotopic (exact) mass is 653 g/mol. The Bertz CT molecular complexity index is 676. The topological polar surface area (TPSA) is 113 Å². The van der Waals surface area contributed by atoms with Gasteiger partial charge in [0.15, 0.2) is 0 Å². The molecule has 0 aromatic carbocycles. The maximum atomic E-state index is 11.9. The molecule has 0 fully saturated rings. The molecule has 0 amide bonds. The second-order valence-electron chi connectivity index (χ2n) is 13.1. The van der Waals surface area contributed by atoms with Crippen LogP contribution in [0.5, 0.6) is 0 Å². The predicted octanol–water partition coefficient (Wildman–Crippen LogP) is 9.45. The van der Waals surface area contributed by atoms with Crippen LogP contribution in [0.4, 0.5) is 0 Å². The summed E-state index contributed by atoms with van der Waals surface area (Å²) in [4.78, 5) is 23.9. The summed E-state index contributed by atoms with van der Waals surface area (Å²) >= 11 is 0. The van der Waals surface area contributed by atoms with E-state index in [0.29, 0.717) is 12.8 Å². The van der Waals surface area contributed by atoms with Crippen LogP contribution in [-0.4, -0.2) is 58.8 Å². The molecule has 0 rings (SSSR count). The van der Waals surface area contributed by atoms with Crippen molar-refractivity contribution >= 4 is 11.9 Å². The van der Waals surface area contributed by atoms with E-state index >= 15 is 0 Å². The SMILES string of the molecule is CCCCCCC(O)C/C=C/CCCCCCCC(=O)OCC(O)COC(=O)CCCCCCC/C=C/CC(O)CCCCCC. The summed E-state index contributed by atoms with van der Waals surface area (Å²) in [6.45, 7) is 4.08. The second-order valence-corrected chi connectivity index (χ2v) is 13.1. The van der Waals surface area contributed by atoms with Crippen molar-refractivity contribution in [2.24, 2.45) is 0 Å². The molecular weight excluding hydrogens is 580 g/mol. The van der Waals surface area contributed by atoms with Crippen molar-refractivity contribution in [2.45, 2.75) is 199 Å². The Morgan fingerprint density at radius 2 is 0.848 bits per heavy atom. The fourth-order valence-electron chi connectivity index (χ4n) is 5.29. The Morgan fingerprint density at radius 3 is 1.26 bits per heavy atom. The first-order valence-corrected chi connectivity index (χ1v) is 19.0. The Labute approximate surface area is 282 Å². The van der Waals surface area contributed by atoms with Gasteiger partial charge in [0, 0.05) is 12.8 Å². The quantitative estimate of drug-likeness (QED) is 0.0360. The molecule has 0 aliphatic heterocycles. The third kappa shape index (κ3) is 33.7. The van der Waals surface area contributed by atoms with Gasteiger partial charge in [0.25, 0.3) is 0 Å². The van der Waals surface area contributed by atoms with Gasteiger partial charge in [-0.15, -0.1) is 0 Å². The smallest absolute Gasteiger partial charge is 0.305 e. The average molecular weight is 653 g/mol. The van der Waals surface area contributed by atoms with Gasteiger partial charge < -0.3 is 24.8 Å². The summed E-state index contributed by atoms with van der Waals surface area (Å²) in [6.07, 6.45) is 32.8. The van der Waals surface area contributed by atoms with E-state index in [9.17, 15) is 24.9 Å². The molecule has 0 spiro atoms. The normalized spacial score (nSPS) is 13.8. The first kappa shape index (κ1) is 44.3. The lowest BCUT2D eigenvalue weighted by Crippen LogP contribution is -2.25. The number of unbranched alkanes of at least 4 members (excludes halogenated alkanes) is 16. The lowest BCUT2D eigenvalue weighted by Gasteiger charge is -2.12. The van der Waals surface area contributed by atoms with E-state index < -0.39 is 6.10 Å². The maximum Gasteiger partial charge on any atom is 0.305 e. The molecule has 0 saturated heterocycles. The van der Waals surface area contributed by atoms with Crippen molar-refractivity contribution in [3.63, 3.8) is 0 Å². The summed E-state index contributed by atoms with van der Waals surface area (Å²) in [5.41, 5.74) is 0. The first-order valence-electron chi connectivity index (χ1n) is 19.0. The number of hydrogen-bond acceptors (Lipinski definition) is 7. The number of esters is 2. The minimum Gasteiger partial charge on any atom is -0.463 e. The van der Waals surface area contributed by atoms with Gasteiger partial charge >= 0.3 is 11.9 Å². The number of allylic oxidation sites excluding steroid dienone is 2. The van der Waals surface area contributed by atoms with Crippen LogP contribution in [0, 0.1) is 0 Å². The number of carbonyl (C=O) groups excluding carboxylic acids is 2. The van der Waals surface area contributed by atoms with E-state index in [2.05, 4.69) is 38.2 Å². The van der Waals surface area contributed by atoms with Crippen LogP contribution >= 0.6 is 0 Å². The van der Waals surface area contributed by atoms with Crippen LogP contribution in [-0.2, 0) is 19.1 Å². The van der Waals surface area contributed by atoms with Crippen LogP contribution in [0.25, 0.3) is 0 Å². The Balaban J connectivity index is 3.54. The Morgan fingerprint density at radius 1 is 0.478 bits per heavy atom. The van der Waals surface area contributed by atoms with Crippen molar-refractivity contribution < 1.29 is 34.4 Å². The molecule has 2 atom stereocenters. The molecule has 0 heterocycles. The van der Waals surface area contributed by atoms with Crippen LogP contribution < -0.4 is 0 Å². The number of hydrogen-bond donors (Lipinski definition) is 3. The van der Waals surface area contributed by atoms with Crippen molar-refractivity contribution in [2.75, 3.05) is 13.2 Å².